The van der Waals surface area contributed by atoms with Crippen molar-refractivity contribution in [3.05, 3.63) is 35.4 Å². The number of benzene rings is 1. The van der Waals surface area contributed by atoms with E-state index in [0.717, 1.165) is 11.3 Å². The largest absolute Gasteiger partial charge is 0.426 e. The van der Waals surface area contributed by atoms with E-state index < -0.39 is 0 Å². The number of rotatable bonds is 3. The summed E-state index contributed by atoms with van der Waals surface area (Å²) in [4.78, 5) is 23.9. The molecule has 4 heteroatoms. The standard InChI is InChI=1S/C19H23NO3/c1-11(2)9-14-17(19(14,3)4)18(22)23-13-6-7-15-12(10-13)5-8-16(21)20-15/h6-7,9-10,14,17H,5,8H2,1-4H3,(H,20,21)/t14-,17+/m0/s1. The summed E-state index contributed by atoms with van der Waals surface area (Å²) in [6.45, 7) is 8.31. The molecule has 1 amide bonds. The fourth-order valence-corrected chi connectivity index (χ4v) is 3.40. The highest BCUT2D eigenvalue weighted by Gasteiger charge is 2.61. The smallest absolute Gasteiger partial charge is 0.315 e. The van der Waals surface area contributed by atoms with Crippen molar-refractivity contribution in [3.8, 4) is 5.75 Å². The van der Waals surface area contributed by atoms with Crippen LogP contribution in [0.15, 0.2) is 29.8 Å². The number of ether oxygens (including phenoxy) is 1. The molecule has 1 fully saturated rings. The summed E-state index contributed by atoms with van der Waals surface area (Å²) in [7, 11) is 0. The van der Waals surface area contributed by atoms with Gasteiger partial charge in [0.1, 0.15) is 5.75 Å². The highest BCUT2D eigenvalue weighted by Crippen LogP contribution is 2.59. The molecule has 2 atom stereocenters. The number of carbonyl (C=O) groups is 2. The Morgan fingerprint density at radius 3 is 2.74 bits per heavy atom. The normalized spacial score (nSPS) is 24.3. The van der Waals surface area contributed by atoms with Gasteiger partial charge < -0.3 is 10.1 Å². The molecule has 1 N–H and O–H groups in total. The highest BCUT2D eigenvalue weighted by molar-refractivity contribution is 5.94. The number of fused-ring (bicyclic) bond motifs is 1. The summed E-state index contributed by atoms with van der Waals surface area (Å²) in [5.74, 6) is 0.581. The fraction of sp³-hybridized carbons (Fsp3) is 0.474. The maximum Gasteiger partial charge on any atom is 0.315 e. The van der Waals surface area contributed by atoms with E-state index in [4.69, 9.17) is 4.74 Å². The number of esters is 1. The van der Waals surface area contributed by atoms with Crippen LogP contribution in [0.5, 0.6) is 5.75 Å². The number of hydrogen-bond acceptors (Lipinski definition) is 3. The molecule has 0 aromatic heterocycles. The molecular weight excluding hydrogens is 290 g/mol. The molecule has 4 nitrogen and oxygen atoms in total. The minimum atomic E-state index is -0.169. The number of nitrogens with one attached hydrogen (secondary N) is 1. The SMILES string of the molecule is CC(C)=C[C@H]1[C@H](C(=O)Oc2ccc3c(c2)CCC(=O)N3)C1(C)C. The molecule has 0 unspecified atom stereocenters. The topological polar surface area (TPSA) is 55.4 Å². The van der Waals surface area contributed by atoms with Gasteiger partial charge in [0.05, 0.1) is 5.92 Å². The Labute approximate surface area is 136 Å². The van der Waals surface area contributed by atoms with E-state index in [9.17, 15) is 9.59 Å². The number of amides is 1. The Balaban J connectivity index is 1.72. The van der Waals surface area contributed by atoms with Gasteiger partial charge in [-0.1, -0.05) is 25.5 Å². The van der Waals surface area contributed by atoms with Crippen molar-refractivity contribution < 1.29 is 14.3 Å². The lowest BCUT2D eigenvalue weighted by Gasteiger charge is -2.17. The molecule has 1 saturated carbocycles. The Morgan fingerprint density at radius 2 is 2.04 bits per heavy atom. The monoisotopic (exact) mass is 313 g/mol. The quantitative estimate of drug-likeness (QED) is 0.526. The van der Waals surface area contributed by atoms with Crippen molar-refractivity contribution in [3.63, 3.8) is 0 Å². The summed E-state index contributed by atoms with van der Waals surface area (Å²) in [6, 6.07) is 5.41. The Hall–Kier alpha value is -2.10. The lowest BCUT2D eigenvalue weighted by molar-refractivity contribution is -0.136. The Morgan fingerprint density at radius 1 is 1.30 bits per heavy atom. The van der Waals surface area contributed by atoms with Crippen LogP contribution in [-0.2, 0) is 16.0 Å². The maximum atomic E-state index is 12.5. The van der Waals surface area contributed by atoms with E-state index in [1.54, 1.807) is 12.1 Å². The third-order valence-corrected chi connectivity index (χ3v) is 4.87. The second-order valence-corrected chi connectivity index (χ2v) is 7.36. The van der Waals surface area contributed by atoms with E-state index in [0.29, 0.717) is 18.6 Å². The van der Waals surface area contributed by atoms with Gasteiger partial charge in [0.2, 0.25) is 5.91 Å². The molecule has 122 valence electrons. The van der Waals surface area contributed by atoms with Gasteiger partial charge in [0, 0.05) is 12.1 Å². The predicted molar refractivity (Wildman–Crippen MR) is 89.2 cm³/mol. The van der Waals surface area contributed by atoms with Crippen LogP contribution in [0.25, 0.3) is 0 Å². The van der Waals surface area contributed by atoms with E-state index in [1.165, 1.54) is 5.57 Å². The van der Waals surface area contributed by atoms with Crippen molar-refractivity contribution in [2.45, 2.75) is 40.5 Å². The molecule has 1 aromatic rings. The Kier molecular flexibility index (Phi) is 3.78. The first-order valence-corrected chi connectivity index (χ1v) is 8.08. The molecule has 1 aliphatic heterocycles. The lowest BCUT2D eigenvalue weighted by Crippen LogP contribution is -2.19. The molecule has 2 aliphatic rings. The van der Waals surface area contributed by atoms with Crippen molar-refractivity contribution in [2.24, 2.45) is 17.3 Å². The molecule has 23 heavy (non-hydrogen) atoms. The average molecular weight is 313 g/mol. The minimum absolute atomic E-state index is 0.0338. The van der Waals surface area contributed by atoms with Crippen molar-refractivity contribution in [2.75, 3.05) is 5.32 Å². The summed E-state index contributed by atoms with van der Waals surface area (Å²) in [6.07, 6.45) is 3.32. The number of allylic oxidation sites excluding steroid dienone is 2. The zero-order valence-electron chi connectivity index (χ0n) is 14.1. The van der Waals surface area contributed by atoms with E-state index in [2.05, 4.69) is 39.1 Å². The van der Waals surface area contributed by atoms with Crippen LogP contribution in [0.4, 0.5) is 5.69 Å². The molecule has 0 bridgehead atoms. The summed E-state index contributed by atoms with van der Waals surface area (Å²) in [5, 5.41) is 2.83. The Bertz CT molecular complexity index is 699. The van der Waals surface area contributed by atoms with Crippen LogP contribution in [0.2, 0.25) is 0 Å². The van der Waals surface area contributed by atoms with Gasteiger partial charge in [-0.2, -0.15) is 0 Å². The van der Waals surface area contributed by atoms with Crippen LogP contribution in [0.1, 0.15) is 39.7 Å². The second-order valence-electron chi connectivity index (χ2n) is 7.36. The van der Waals surface area contributed by atoms with Crippen molar-refractivity contribution in [1.82, 2.24) is 0 Å². The van der Waals surface area contributed by atoms with Crippen LogP contribution in [0.3, 0.4) is 0 Å². The maximum absolute atomic E-state index is 12.5. The first kappa shape index (κ1) is 15.8. The number of hydrogen-bond donors (Lipinski definition) is 1. The molecule has 0 saturated heterocycles. The average Bonchev–Trinajstić information content (AvgIpc) is 2.99. The summed E-state index contributed by atoms with van der Waals surface area (Å²) >= 11 is 0. The summed E-state index contributed by atoms with van der Waals surface area (Å²) in [5.41, 5.74) is 3.01. The van der Waals surface area contributed by atoms with Crippen LogP contribution in [0, 0.1) is 17.3 Å². The van der Waals surface area contributed by atoms with Crippen molar-refractivity contribution >= 4 is 17.6 Å². The molecule has 1 heterocycles. The first-order chi connectivity index (χ1) is 10.8. The molecule has 0 radical (unpaired) electrons. The van der Waals surface area contributed by atoms with Gasteiger partial charge in [0.25, 0.3) is 0 Å². The highest BCUT2D eigenvalue weighted by atomic mass is 16.5. The zero-order valence-corrected chi connectivity index (χ0v) is 14.1. The van der Waals surface area contributed by atoms with Gasteiger partial charge in [-0.25, -0.2) is 0 Å². The van der Waals surface area contributed by atoms with E-state index in [-0.39, 0.29) is 29.1 Å². The molecule has 3 rings (SSSR count). The number of aryl methyl sites for hydroxylation is 1. The van der Waals surface area contributed by atoms with Gasteiger partial charge in [-0.3, -0.25) is 9.59 Å². The molecular formula is C19H23NO3. The zero-order chi connectivity index (χ0) is 16.8. The van der Waals surface area contributed by atoms with Gasteiger partial charge >= 0.3 is 5.97 Å². The minimum Gasteiger partial charge on any atom is -0.426 e. The second kappa shape index (κ2) is 5.52. The van der Waals surface area contributed by atoms with Gasteiger partial charge in [-0.15, -0.1) is 0 Å². The number of anilines is 1. The third kappa shape index (κ3) is 3.03. The number of carbonyl (C=O) groups excluding carboxylic acids is 2. The van der Waals surface area contributed by atoms with Gasteiger partial charge in [0.15, 0.2) is 0 Å². The first-order valence-electron chi connectivity index (χ1n) is 8.08. The molecule has 0 spiro atoms. The third-order valence-electron chi connectivity index (χ3n) is 4.87. The van der Waals surface area contributed by atoms with Gasteiger partial charge in [-0.05, 0) is 55.4 Å². The fourth-order valence-electron chi connectivity index (χ4n) is 3.40. The molecule has 1 aromatic carbocycles. The summed E-state index contributed by atoms with van der Waals surface area (Å²) < 4.78 is 5.60. The lowest BCUT2D eigenvalue weighted by atomic mass is 10.0. The van der Waals surface area contributed by atoms with E-state index in [1.807, 2.05) is 6.07 Å². The molecule has 1 aliphatic carbocycles. The van der Waals surface area contributed by atoms with Crippen LogP contribution in [-0.4, -0.2) is 11.9 Å². The van der Waals surface area contributed by atoms with Crippen molar-refractivity contribution in [1.29, 1.82) is 0 Å². The van der Waals surface area contributed by atoms with Crippen LogP contribution >= 0.6 is 0 Å². The van der Waals surface area contributed by atoms with E-state index >= 15 is 0 Å². The van der Waals surface area contributed by atoms with Crippen LogP contribution < -0.4 is 10.1 Å². The predicted octanol–water partition coefficient (Wildman–Crippen LogP) is 3.72.